The number of aliphatic hydroxyl groups is 1. The molecule has 1 aliphatic carbocycles. The zero-order valence-corrected chi connectivity index (χ0v) is 42.0. The van der Waals surface area contributed by atoms with Gasteiger partial charge >= 0.3 is 17.9 Å². The Morgan fingerprint density at radius 2 is 1.73 bits per heavy atom. The molecule has 376 valence electrons. The molecule has 1 amide bonds. The maximum absolute atomic E-state index is 15.8. The molecule has 1 spiro atoms. The predicted molar refractivity (Wildman–Crippen MR) is 266 cm³/mol. The number of carbonyl (C=O) groups is 4. The van der Waals surface area contributed by atoms with E-state index in [0.29, 0.717) is 94.7 Å². The van der Waals surface area contributed by atoms with Gasteiger partial charge in [-0.15, -0.1) is 0 Å². The Morgan fingerprint density at radius 3 is 2.48 bits per heavy atom. The number of aromatic nitrogens is 1. The molecule has 15 nitrogen and oxygen atoms in total. The van der Waals surface area contributed by atoms with Crippen LogP contribution in [-0.2, 0) is 52.3 Å². The van der Waals surface area contributed by atoms with Crippen LogP contribution in [0, 0.1) is 11.3 Å². The summed E-state index contributed by atoms with van der Waals surface area (Å²) < 4.78 is 30.2. The molecule has 4 aromatic rings. The molecule has 2 saturated heterocycles. The van der Waals surface area contributed by atoms with Crippen molar-refractivity contribution < 1.29 is 48.0 Å². The largest absolute Gasteiger partial charge is 0.496 e. The fraction of sp³-hybridized carbons (Fsp3) is 0.536. The number of esters is 3. The number of aryl methyl sites for hydroxylation is 1. The first-order chi connectivity index (χ1) is 34.2. The third-order valence-corrected chi connectivity index (χ3v) is 18.2. The lowest BCUT2D eigenvalue weighted by Crippen LogP contribution is -2.81. The zero-order valence-electron chi connectivity index (χ0n) is 42.0. The smallest absolute Gasteiger partial charge is 0.344 e. The summed E-state index contributed by atoms with van der Waals surface area (Å²) >= 11 is 0. The first-order valence-electron chi connectivity index (χ1n) is 25.5. The van der Waals surface area contributed by atoms with Crippen LogP contribution in [-0.4, -0.2) is 141 Å². The van der Waals surface area contributed by atoms with Gasteiger partial charge in [-0.3, -0.25) is 19.3 Å². The monoisotopic (exact) mass is 969 g/mol. The van der Waals surface area contributed by atoms with Crippen molar-refractivity contribution in [2.75, 3.05) is 72.6 Å². The molecule has 3 N–H and O–H groups in total. The highest BCUT2D eigenvalue weighted by atomic mass is 16.6. The summed E-state index contributed by atoms with van der Waals surface area (Å²) in [6.07, 6.45) is 7.77. The molecule has 6 aliphatic heterocycles. The summed E-state index contributed by atoms with van der Waals surface area (Å²) in [5, 5.41) is 18.1. The second-order valence-corrected chi connectivity index (χ2v) is 21.5. The Balaban J connectivity index is 1.12. The summed E-state index contributed by atoms with van der Waals surface area (Å²) in [5.74, 6) is -0.944. The van der Waals surface area contributed by atoms with Crippen LogP contribution in [0.4, 0.5) is 5.69 Å². The highest BCUT2D eigenvalue weighted by molar-refractivity contribution is 5.96. The number of rotatable bonds is 9. The number of nitrogens with zero attached hydrogens (tertiary/aromatic N) is 3. The molecule has 0 radical (unpaired) electrons. The van der Waals surface area contributed by atoms with E-state index in [-0.39, 0.29) is 17.9 Å². The highest BCUT2D eigenvalue weighted by Gasteiger charge is 2.80. The first-order valence-corrected chi connectivity index (χ1v) is 25.5. The molecule has 10 atom stereocenters. The number of fused-ring (bicyclic) bond motifs is 7. The number of para-hydroxylation sites is 1. The van der Waals surface area contributed by atoms with Crippen LogP contribution in [0.5, 0.6) is 11.5 Å². The topological polar surface area (TPSA) is 172 Å². The fourth-order valence-electron chi connectivity index (χ4n) is 15.5. The summed E-state index contributed by atoms with van der Waals surface area (Å²) in [4.78, 5) is 68.6. The summed E-state index contributed by atoms with van der Waals surface area (Å²) in [5.41, 5.74) is 0.0707. The van der Waals surface area contributed by atoms with Crippen molar-refractivity contribution in [2.24, 2.45) is 11.3 Å². The van der Waals surface area contributed by atoms with Crippen molar-refractivity contribution in [2.45, 2.75) is 112 Å². The number of aromatic amines is 1. The molecule has 71 heavy (non-hydrogen) atoms. The Kier molecular flexibility index (Phi) is 11.4. The third kappa shape index (κ3) is 6.63. The zero-order chi connectivity index (χ0) is 49.8. The van der Waals surface area contributed by atoms with Crippen LogP contribution in [0.3, 0.4) is 0 Å². The quantitative estimate of drug-likeness (QED) is 0.105. The molecular formula is C56H67N5O10. The summed E-state index contributed by atoms with van der Waals surface area (Å²) in [6, 6.07) is 16.7. The van der Waals surface area contributed by atoms with Crippen molar-refractivity contribution in [1.82, 2.24) is 20.1 Å². The van der Waals surface area contributed by atoms with E-state index in [1.807, 2.05) is 61.3 Å². The van der Waals surface area contributed by atoms with Crippen LogP contribution in [0.1, 0.15) is 97.6 Å². The highest BCUT2D eigenvalue weighted by Crippen LogP contribution is 2.68. The Bertz CT molecular complexity index is 2880. The molecular weight excluding hydrogens is 903 g/mol. The van der Waals surface area contributed by atoms with E-state index in [4.69, 9.17) is 23.7 Å². The van der Waals surface area contributed by atoms with E-state index in [2.05, 4.69) is 51.3 Å². The molecule has 15 heteroatoms. The average molecular weight is 970 g/mol. The second kappa shape index (κ2) is 17.1. The normalized spacial score (nSPS) is 33.4. The van der Waals surface area contributed by atoms with Gasteiger partial charge in [-0.1, -0.05) is 44.2 Å². The van der Waals surface area contributed by atoms with E-state index >= 15 is 4.79 Å². The molecule has 1 aromatic heterocycles. The number of anilines is 1. The van der Waals surface area contributed by atoms with E-state index in [1.54, 1.807) is 7.11 Å². The van der Waals surface area contributed by atoms with Gasteiger partial charge in [0.05, 0.1) is 39.5 Å². The van der Waals surface area contributed by atoms with Gasteiger partial charge in [0.25, 0.3) is 5.91 Å². The van der Waals surface area contributed by atoms with Gasteiger partial charge in [0.15, 0.2) is 6.10 Å². The molecule has 1 saturated carbocycles. The number of methoxy groups -OCH3 is 3. The molecule has 7 aliphatic rings. The minimum absolute atomic E-state index is 0.133. The van der Waals surface area contributed by atoms with E-state index in [0.717, 1.165) is 57.6 Å². The van der Waals surface area contributed by atoms with E-state index < -0.39 is 57.4 Å². The Morgan fingerprint density at radius 1 is 0.930 bits per heavy atom. The van der Waals surface area contributed by atoms with Gasteiger partial charge in [-0.05, 0) is 111 Å². The van der Waals surface area contributed by atoms with Crippen molar-refractivity contribution in [3.05, 3.63) is 100 Å². The number of ether oxygens (including phenoxy) is 5. The van der Waals surface area contributed by atoms with Gasteiger partial charge in [0.2, 0.25) is 5.60 Å². The van der Waals surface area contributed by atoms with Crippen LogP contribution < -0.4 is 19.7 Å². The standard InChI is InChI=1S/C56H67N5O10/c1-8-52(58-46(63)36-17-18-43-35(26-36)14-12-25-70-43)29-34-30-55(50(64)68-6,45-38(19-23-60(31-34)32-52)37-15-10-11-16-41(37)57-45)40-27-39-42(28-44(40)67-5)59(4)48-54(39)21-24-61-22-13-20-53(9-2,47(54)61)49(71-33(3)62)56(48,66)51(65)69-7/h10-11,13,15-18,20,26-28,34,47-49,57,66H,8-9,12,14,19,21-25,29-32H2,1-7H3,(H,58,63)/t34-,47+,48-,49-,52+,53-,54-,55+,56+/m1/s1. The van der Waals surface area contributed by atoms with E-state index in [1.165, 1.54) is 21.1 Å². The Hall–Kier alpha value is -5.90. The molecule has 3 aromatic carbocycles. The number of likely N-dealkylation sites (N-methyl/N-ethyl adjacent to an activating group) is 1. The number of hydrogen-bond donors (Lipinski definition) is 3. The SMILES string of the molecule is CC[C@]1(NC(=O)c2ccc3c(c2)CCCO3)C[C@H]2CN(CCc3c([nH]c4ccccc34)[C@@](C(=O)OC)(c3cc4c(cc3OC)N(C)[C@H]3[C@@](O)(C(=O)OC)[C@H](OC(C)=O)[C@]5(CC)C=CCN6CC[C@]43[C@@H]65)C2)C1. The molecule has 2 bridgehead atoms. The number of piperidine rings is 1. The minimum atomic E-state index is -2.33. The predicted octanol–water partition coefficient (Wildman–Crippen LogP) is 5.75. The summed E-state index contributed by atoms with van der Waals surface area (Å²) in [7, 11) is 6.18. The molecule has 1 unspecified atom stereocenters. The first kappa shape index (κ1) is 47.4. The number of hydrogen-bond acceptors (Lipinski definition) is 13. The lowest BCUT2D eigenvalue weighted by atomic mass is 9.47. The second-order valence-electron chi connectivity index (χ2n) is 21.5. The number of benzene rings is 3. The van der Waals surface area contributed by atoms with Gasteiger partial charge in [-0.25, -0.2) is 4.79 Å². The number of carbonyl (C=O) groups excluding carboxylic acids is 4. The minimum Gasteiger partial charge on any atom is -0.496 e. The van der Waals surface area contributed by atoms with Crippen molar-refractivity contribution in [3.8, 4) is 11.5 Å². The van der Waals surface area contributed by atoms with Crippen LogP contribution in [0.2, 0.25) is 0 Å². The third-order valence-electron chi connectivity index (χ3n) is 18.2. The van der Waals surface area contributed by atoms with Gasteiger partial charge in [0, 0.05) is 96.5 Å². The molecule has 11 rings (SSSR count). The summed E-state index contributed by atoms with van der Waals surface area (Å²) in [6.45, 7) is 9.41. The molecule has 3 fully saturated rings. The van der Waals surface area contributed by atoms with Gasteiger partial charge < -0.3 is 48.9 Å². The van der Waals surface area contributed by atoms with Gasteiger partial charge in [-0.2, -0.15) is 0 Å². The lowest BCUT2D eigenvalue weighted by Gasteiger charge is -2.63. The number of amides is 1. The van der Waals surface area contributed by atoms with Crippen molar-refractivity contribution in [3.63, 3.8) is 0 Å². The average Bonchev–Trinajstić information content (AvgIpc) is 4.05. The number of H-pyrrole nitrogens is 1. The fourth-order valence-corrected chi connectivity index (χ4v) is 15.5. The van der Waals surface area contributed by atoms with Crippen molar-refractivity contribution in [1.29, 1.82) is 0 Å². The van der Waals surface area contributed by atoms with Crippen molar-refractivity contribution >= 4 is 40.4 Å². The Labute approximate surface area is 415 Å². The maximum Gasteiger partial charge on any atom is 0.344 e. The molecule has 7 heterocycles. The van der Waals surface area contributed by atoms with Gasteiger partial charge in [0.1, 0.15) is 16.9 Å². The van der Waals surface area contributed by atoms with E-state index in [9.17, 15) is 19.5 Å². The van der Waals surface area contributed by atoms with Crippen LogP contribution >= 0.6 is 0 Å². The lowest BCUT2D eigenvalue weighted by molar-refractivity contribution is -0.228. The number of nitrogens with one attached hydrogen (secondary N) is 2. The maximum atomic E-state index is 15.8. The van der Waals surface area contributed by atoms with Crippen LogP contribution in [0.25, 0.3) is 10.9 Å². The van der Waals surface area contributed by atoms with Crippen LogP contribution in [0.15, 0.2) is 66.7 Å².